The molecule has 3 heterocycles. The Labute approximate surface area is 169 Å². The molecule has 0 atom stereocenters. The first-order valence-electron chi connectivity index (χ1n) is 9.35. The molecule has 5 aromatic rings. The van der Waals surface area contributed by atoms with Crippen LogP contribution in [0.1, 0.15) is 5.56 Å². The molecule has 0 aliphatic carbocycles. The summed E-state index contributed by atoms with van der Waals surface area (Å²) in [5, 5.41) is 10.9. The molecule has 0 unspecified atom stereocenters. The lowest BCUT2D eigenvalue weighted by Gasteiger charge is -2.08. The third-order valence-electron chi connectivity index (χ3n) is 4.89. The van der Waals surface area contributed by atoms with E-state index in [1.54, 1.807) is 17.1 Å². The first kappa shape index (κ1) is 17.8. The minimum absolute atomic E-state index is 0.165. The summed E-state index contributed by atoms with van der Waals surface area (Å²) in [7, 11) is -0.165. The summed E-state index contributed by atoms with van der Waals surface area (Å²) in [6, 6.07) is 18.7. The molecule has 3 aromatic heterocycles. The van der Waals surface area contributed by atoms with Crippen LogP contribution in [0.4, 0.5) is 0 Å². The molecule has 0 aliphatic rings. The van der Waals surface area contributed by atoms with Crippen molar-refractivity contribution >= 4 is 35.4 Å². The van der Waals surface area contributed by atoms with E-state index in [2.05, 4.69) is 76.1 Å². The zero-order valence-corrected chi connectivity index (χ0v) is 17.1. The molecule has 0 saturated carbocycles. The number of hydrogen-bond acceptors (Lipinski definition) is 5. The topological polar surface area (TPSA) is 69.4 Å². The van der Waals surface area contributed by atoms with Gasteiger partial charge in [0.15, 0.2) is 5.65 Å². The van der Waals surface area contributed by atoms with Crippen LogP contribution in [0.15, 0.2) is 67.0 Å². The molecule has 0 aliphatic heterocycles. The van der Waals surface area contributed by atoms with E-state index in [4.69, 9.17) is 4.98 Å². The van der Waals surface area contributed by atoms with E-state index in [0.717, 1.165) is 27.7 Å². The molecule has 0 radical (unpaired) electrons. The molecule has 29 heavy (non-hydrogen) atoms. The van der Waals surface area contributed by atoms with E-state index < -0.39 is 0 Å². The third kappa shape index (κ3) is 3.47. The molecular formula is C22H19N6P. The quantitative estimate of drug-likeness (QED) is 0.430. The van der Waals surface area contributed by atoms with Gasteiger partial charge in [0.2, 0.25) is 5.65 Å². The van der Waals surface area contributed by atoms with E-state index in [9.17, 15) is 0 Å². The number of rotatable bonds is 4. The van der Waals surface area contributed by atoms with Crippen molar-refractivity contribution in [2.45, 2.75) is 6.54 Å². The van der Waals surface area contributed by atoms with Gasteiger partial charge in [-0.2, -0.15) is 0 Å². The maximum atomic E-state index is 4.83. The molecule has 0 amide bonds. The van der Waals surface area contributed by atoms with Crippen molar-refractivity contribution in [2.75, 3.05) is 13.3 Å². The standard InChI is InChI=1S/C22H19N6P/c1-29(2)18-7-3-5-17(12-18)20-13-24-21-22(25-20)28(27-26-21)14-15-8-9-19-16(11-15)6-4-10-23-19/h3-13H,14H2,1-2H3. The SMILES string of the molecule is CP(C)c1cccc(-c2cnc3nnn(Cc4ccc5ncccc5c4)c3n2)c1. The predicted octanol–water partition coefficient (Wildman–Crippen LogP) is 3.85. The van der Waals surface area contributed by atoms with Crippen molar-refractivity contribution in [3.8, 4) is 11.3 Å². The Morgan fingerprint density at radius 1 is 0.966 bits per heavy atom. The van der Waals surface area contributed by atoms with Gasteiger partial charge in [0.1, 0.15) is 0 Å². The number of aromatic nitrogens is 6. The number of hydrogen-bond donors (Lipinski definition) is 0. The molecule has 7 heteroatoms. The average molecular weight is 398 g/mol. The van der Waals surface area contributed by atoms with Gasteiger partial charge in [-0.3, -0.25) is 4.98 Å². The van der Waals surface area contributed by atoms with Crippen LogP contribution in [0.5, 0.6) is 0 Å². The van der Waals surface area contributed by atoms with E-state index >= 15 is 0 Å². The Kier molecular flexibility index (Phi) is 4.49. The van der Waals surface area contributed by atoms with Crippen molar-refractivity contribution in [1.29, 1.82) is 0 Å². The molecule has 2 aromatic carbocycles. The minimum atomic E-state index is -0.165. The molecule has 0 bridgehead atoms. The Morgan fingerprint density at radius 2 is 1.90 bits per heavy atom. The zero-order valence-electron chi connectivity index (χ0n) is 16.2. The maximum Gasteiger partial charge on any atom is 0.221 e. The van der Waals surface area contributed by atoms with Crippen LogP contribution in [0.25, 0.3) is 33.5 Å². The van der Waals surface area contributed by atoms with Gasteiger partial charge in [-0.1, -0.05) is 43.5 Å². The van der Waals surface area contributed by atoms with Crippen molar-refractivity contribution in [1.82, 2.24) is 29.9 Å². The third-order valence-corrected chi connectivity index (χ3v) is 6.20. The normalized spacial score (nSPS) is 11.6. The van der Waals surface area contributed by atoms with Crippen LogP contribution in [-0.2, 0) is 6.54 Å². The van der Waals surface area contributed by atoms with Gasteiger partial charge in [-0.25, -0.2) is 14.6 Å². The Bertz CT molecular complexity index is 1330. The Morgan fingerprint density at radius 3 is 2.79 bits per heavy atom. The van der Waals surface area contributed by atoms with Gasteiger partial charge < -0.3 is 0 Å². The summed E-state index contributed by atoms with van der Waals surface area (Å²) < 4.78 is 1.81. The highest BCUT2D eigenvalue weighted by Gasteiger charge is 2.11. The van der Waals surface area contributed by atoms with E-state index in [-0.39, 0.29) is 7.92 Å². The zero-order chi connectivity index (χ0) is 19.8. The Balaban J connectivity index is 1.53. The molecule has 0 fully saturated rings. The summed E-state index contributed by atoms with van der Waals surface area (Å²) in [6.45, 7) is 5.08. The summed E-state index contributed by atoms with van der Waals surface area (Å²) in [6.07, 6.45) is 3.58. The monoisotopic (exact) mass is 398 g/mol. The number of benzene rings is 2. The molecular weight excluding hydrogens is 379 g/mol. The fraction of sp³-hybridized carbons (Fsp3) is 0.136. The molecule has 5 rings (SSSR count). The molecule has 0 N–H and O–H groups in total. The van der Waals surface area contributed by atoms with Crippen molar-refractivity contribution < 1.29 is 0 Å². The van der Waals surface area contributed by atoms with Crippen molar-refractivity contribution in [3.63, 3.8) is 0 Å². The highest BCUT2D eigenvalue weighted by molar-refractivity contribution is 7.64. The van der Waals surface area contributed by atoms with Crippen LogP contribution < -0.4 is 5.30 Å². The second kappa shape index (κ2) is 7.30. The number of fused-ring (bicyclic) bond motifs is 2. The molecule has 6 nitrogen and oxygen atoms in total. The van der Waals surface area contributed by atoms with Gasteiger partial charge in [0.05, 0.1) is 24.0 Å². The number of pyridine rings is 1. The van der Waals surface area contributed by atoms with Gasteiger partial charge in [0, 0.05) is 17.1 Å². The van der Waals surface area contributed by atoms with Crippen LogP contribution in [0, 0.1) is 0 Å². The van der Waals surface area contributed by atoms with Gasteiger partial charge in [-0.05, 0) is 48.5 Å². The van der Waals surface area contributed by atoms with Crippen LogP contribution in [-0.4, -0.2) is 43.3 Å². The molecule has 0 spiro atoms. The van der Waals surface area contributed by atoms with E-state index in [1.807, 2.05) is 12.1 Å². The second-order valence-electron chi connectivity index (χ2n) is 7.12. The van der Waals surface area contributed by atoms with Crippen molar-refractivity contribution in [2.24, 2.45) is 0 Å². The highest BCUT2D eigenvalue weighted by atomic mass is 31.1. The van der Waals surface area contributed by atoms with E-state index in [0.29, 0.717) is 17.8 Å². The van der Waals surface area contributed by atoms with Crippen LogP contribution >= 0.6 is 7.92 Å². The summed E-state index contributed by atoms with van der Waals surface area (Å²) >= 11 is 0. The van der Waals surface area contributed by atoms with Crippen LogP contribution in [0.2, 0.25) is 0 Å². The number of nitrogens with zero attached hydrogens (tertiary/aromatic N) is 6. The average Bonchev–Trinajstić information content (AvgIpc) is 3.15. The summed E-state index contributed by atoms with van der Waals surface area (Å²) in [5.74, 6) is 0. The first-order valence-corrected chi connectivity index (χ1v) is 11.6. The fourth-order valence-corrected chi connectivity index (χ4v) is 4.12. The smallest absolute Gasteiger partial charge is 0.221 e. The highest BCUT2D eigenvalue weighted by Crippen LogP contribution is 2.26. The summed E-state index contributed by atoms with van der Waals surface area (Å²) in [4.78, 5) is 13.7. The maximum absolute atomic E-state index is 4.83. The van der Waals surface area contributed by atoms with Crippen LogP contribution in [0.3, 0.4) is 0 Å². The van der Waals surface area contributed by atoms with Gasteiger partial charge in [0.25, 0.3) is 0 Å². The fourth-order valence-electron chi connectivity index (χ4n) is 3.34. The minimum Gasteiger partial charge on any atom is -0.256 e. The first-order chi connectivity index (χ1) is 14.2. The Hall–Kier alpha value is -3.24. The lowest BCUT2D eigenvalue weighted by Crippen LogP contribution is -2.04. The predicted molar refractivity (Wildman–Crippen MR) is 118 cm³/mol. The largest absolute Gasteiger partial charge is 0.256 e. The van der Waals surface area contributed by atoms with Gasteiger partial charge >= 0.3 is 0 Å². The van der Waals surface area contributed by atoms with E-state index in [1.165, 1.54) is 5.30 Å². The second-order valence-corrected chi connectivity index (χ2v) is 9.43. The lowest BCUT2D eigenvalue weighted by atomic mass is 10.1. The summed E-state index contributed by atoms with van der Waals surface area (Å²) in [5.41, 5.74) is 5.25. The molecule has 142 valence electrons. The lowest BCUT2D eigenvalue weighted by molar-refractivity contribution is 0.664. The molecule has 0 saturated heterocycles. The van der Waals surface area contributed by atoms with Crippen molar-refractivity contribution in [3.05, 3.63) is 72.6 Å². The van der Waals surface area contributed by atoms with Gasteiger partial charge in [-0.15, -0.1) is 5.10 Å².